The van der Waals surface area contributed by atoms with Crippen LogP contribution in [0.2, 0.25) is 0 Å². The predicted molar refractivity (Wildman–Crippen MR) is 84.2 cm³/mol. The van der Waals surface area contributed by atoms with Crippen molar-refractivity contribution < 1.29 is 4.79 Å². The number of ketones is 1. The molecule has 1 aromatic rings. The van der Waals surface area contributed by atoms with Crippen LogP contribution >= 0.6 is 0 Å². The van der Waals surface area contributed by atoms with Crippen LogP contribution in [0.15, 0.2) is 24.3 Å². The Labute approximate surface area is 123 Å². The summed E-state index contributed by atoms with van der Waals surface area (Å²) >= 11 is 0. The quantitative estimate of drug-likeness (QED) is 0.698. The van der Waals surface area contributed by atoms with E-state index < -0.39 is 0 Å². The molecule has 1 aliphatic rings. The molecular weight excluding hydrogens is 246 g/mol. The third-order valence-corrected chi connectivity index (χ3v) is 4.19. The number of hydrogen-bond acceptors (Lipinski definition) is 2. The molecule has 0 N–H and O–H groups in total. The van der Waals surface area contributed by atoms with Gasteiger partial charge in [0.15, 0.2) is 5.78 Å². The van der Waals surface area contributed by atoms with E-state index >= 15 is 0 Å². The molecule has 0 spiro atoms. The van der Waals surface area contributed by atoms with Crippen molar-refractivity contribution in [1.29, 1.82) is 0 Å². The molecule has 2 heteroatoms. The molecule has 110 valence electrons. The summed E-state index contributed by atoms with van der Waals surface area (Å²) in [4.78, 5) is 15.1. The zero-order chi connectivity index (χ0) is 14.7. The van der Waals surface area contributed by atoms with Crippen molar-refractivity contribution in [3.63, 3.8) is 0 Å². The molecule has 0 radical (unpaired) electrons. The highest BCUT2D eigenvalue weighted by Gasteiger charge is 2.34. The number of aryl methyl sites for hydroxylation is 1. The second-order valence-corrected chi connectivity index (χ2v) is 6.56. The van der Waals surface area contributed by atoms with Crippen molar-refractivity contribution in [1.82, 2.24) is 4.90 Å². The van der Waals surface area contributed by atoms with Gasteiger partial charge in [-0.2, -0.15) is 0 Å². The number of rotatable bonds is 7. The summed E-state index contributed by atoms with van der Waals surface area (Å²) in [6.45, 7) is 9.66. The zero-order valence-corrected chi connectivity index (χ0v) is 13.2. The van der Waals surface area contributed by atoms with Crippen LogP contribution in [-0.2, 0) is 0 Å². The van der Waals surface area contributed by atoms with Gasteiger partial charge in [0.2, 0.25) is 0 Å². The molecule has 1 aromatic carbocycles. The summed E-state index contributed by atoms with van der Waals surface area (Å²) in [5, 5.41) is 0. The summed E-state index contributed by atoms with van der Waals surface area (Å²) in [6.07, 6.45) is 3.68. The summed E-state index contributed by atoms with van der Waals surface area (Å²) < 4.78 is 0. The van der Waals surface area contributed by atoms with Crippen molar-refractivity contribution >= 4 is 5.78 Å². The fourth-order valence-electron chi connectivity index (χ4n) is 2.62. The van der Waals surface area contributed by atoms with E-state index in [1.807, 2.05) is 24.3 Å². The Kier molecular flexibility index (Phi) is 4.98. The lowest BCUT2D eigenvalue weighted by Gasteiger charge is -2.29. The van der Waals surface area contributed by atoms with Gasteiger partial charge < -0.3 is 0 Å². The first-order valence-electron chi connectivity index (χ1n) is 7.85. The van der Waals surface area contributed by atoms with Crippen molar-refractivity contribution in [2.24, 2.45) is 5.92 Å². The van der Waals surface area contributed by atoms with Crippen molar-refractivity contribution in [3.05, 3.63) is 35.4 Å². The Morgan fingerprint density at radius 1 is 1.20 bits per heavy atom. The second kappa shape index (κ2) is 6.53. The zero-order valence-electron chi connectivity index (χ0n) is 13.2. The van der Waals surface area contributed by atoms with Gasteiger partial charge in [-0.05, 0) is 45.6 Å². The lowest BCUT2D eigenvalue weighted by atomic mass is 10.0. The lowest BCUT2D eigenvalue weighted by molar-refractivity contribution is 0.0818. The molecule has 0 bridgehead atoms. The molecule has 0 saturated heterocycles. The normalized spacial score (nSPS) is 16.7. The van der Waals surface area contributed by atoms with E-state index in [4.69, 9.17) is 0 Å². The van der Waals surface area contributed by atoms with Gasteiger partial charge >= 0.3 is 0 Å². The first kappa shape index (κ1) is 15.2. The lowest BCUT2D eigenvalue weighted by Crippen LogP contribution is -2.41. The van der Waals surface area contributed by atoms with Gasteiger partial charge in [-0.25, -0.2) is 0 Å². The fourth-order valence-corrected chi connectivity index (χ4v) is 2.62. The molecular formula is C18H27NO. The maximum absolute atomic E-state index is 12.6. The maximum Gasteiger partial charge on any atom is 0.179 e. The maximum atomic E-state index is 12.6. The van der Waals surface area contributed by atoms with Gasteiger partial charge in [-0.15, -0.1) is 0 Å². The minimum atomic E-state index is 0.00366. The summed E-state index contributed by atoms with van der Waals surface area (Å²) in [5.41, 5.74) is 2.05. The van der Waals surface area contributed by atoms with Crippen LogP contribution in [0, 0.1) is 12.8 Å². The smallest absolute Gasteiger partial charge is 0.179 e. The number of carbonyl (C=O) groups is 1. The monoisotopic (exact) mass is 273 g/mol. The van der Waals surface area contributed by atoms with Gasteiger partial charge in [0.05, 0.1) is 6.04 Å². The molecule has 20 heavy (non-hydrogen) atoms. The van der Waals surface area contributed by atoms with Crippen molar-refractivity contribution in [2.75, 3.05) is 6.54 Å². The highest BCUT2D eigenvalue weighted by atomic mass is 16.1. The molecule has 0 amide bonds. The Hall–Kier alpha value is -1.15. The summed E-state index contributed by atoms with van der Waals surface area (Å²) in [7, 11) is 0. The highest BCUT2D eigenvalue weighted by Crippen LogP contribution is 2.30. The molecule has 1 saturated carbocycles. The average Bonchev–Trinajstić information content (AvgIpc) is 3.23. The summed E-state index contributed by atoms with van der Waals surface area (Å²) in [5.74, 6) is 0.957. The van der Waals surface area contributed by atoms with Crippen LogP contribution in [0.3, 0.4) is 0 Å². The van der Waals surface area contributed by atoms with Gasteiger partial charge in [0.1, 0.15) is 0 Å². The minimum absolute atomic E-state index is 0.00366. The first-order valence-corrected chi connectivity index (χ1v) is 7.85. The van der Waals surface area contributed by atoms with E-state index in [-0.39, 0.29) is 11.8 Å². The highest BCUT2D eigenvalue weighted by molar-refractivity contribution is 5.99. The van der Waals surface area contributed by atoms with Crippen molar-refractivity contribution in [3.8, 4) is 0 Å². The van der Waals surface area contributed by atoms with Crippen LogP contribution in [0.1, 0.15) is 56.0 Å². The molecule has 0 aromatic heterocycles. The van der Waals surface area contributed by atoms with E-state index in [9.17, 15) is 4.79 Å². The molecule has 1 atom stereocenters. The number of hydrogen-bond donors (Lipinski definition) is 0. The van der Waals surface area contributed by atoms with Gasteiger partial charge in [0.25, 0.3) is 0 Å². The number of Topliss-reactive ketones (excluding diaryl/α,β-unsaturated/α-hetero) is 1. The molecule has 1 unspecified atom stereocenters. The van der Waals surface area contributed by atoms with E-state index in [1.54, 1.807) is 0 Å². The largest absolute Gasteiger partial charge is 0.292 e. The van der Waals surface area contributed by atoms with Crippen LogP contribution in [-0.4, -0.2) is 29.3 Å². The van der Waals surface area contributed by atoms with E-state index in [1.165, 1.54) is 24.8 Å². The van der Waals surface area contributed by atoms with E-state index in [2.05, 4.69) is 32.6 Å². The van der Waals surface area contributed by atoms with Gasteiger partial charge in [-0.1, -0.05) is 43.7 Å². The number of nitrogens with zero attached hydrogens (tertiary/aromatic N) is 1. The predicted octanol–water partition coefficient (Wildman–Crippen LogP) is 4.08. The van der Waals surface area contributed by atoms with Crippen LogP contribution in [0.4, 0.5) is 0 Å². The average molecular weight is 273 g/mol. The topological polar surface area (TPSA) is 20.3 Å². The molecule has 2 rings (SSSR count). The first-order chi connectivity index (χ1) is 9.49. The minimum Gasteiger partial charge on any atom is -0.292 e. The van der Waals surface area contributed by atoms with E-state index in [0.29, 0.717) is 12.0 Å². The Morgan fingerprint density at radius 3 is 2.30 bits per heavy atom. The number of benzene rings is 1. The van der Waals surface area contributed by atoms with Gasteiger partial charge in [0, 0.05) is 11.6 Å². The third-order valence-electron chi connectivity index (χ3n) is 4.19. The van der Waals surface area contributed by atoms with Crippen LogP contribution in [0.5, 0.6) is 0 Å². The van der Waals surface area contributed by atoms with Crippen LogP contribution < -0.4 is 0 Å². The molecule has 1 aliphatic carbocycles. The SMILES string of the molecule is Cc1ccc(C(=O)C(C)N(CCC(C)C)C2CC2)cc1. The van der Waals surface area contributed by atoms with Gasteiger partial charge in [-0.3, -0.25) is 9.69 Å². The van der Waals surface area contributed by atoms with E-state index in [0.717, 1.165) is 12.1 Å². The standard InChI is InChI=1S/C18H27NO/c1-13(2)11-12-19(17-9-10-17)15(4)18(20)16-7-5-14(3)6-8-16/h5-8,13,15,17H,9-12H2,1-4H3. The molecule has 1 fully saturated rings. The van der Waals surface area contributed by atoms with Crippen LogP contribution in [0.25, 0.3) is 0 Å². The van der Waals surface area contributed by atoms with Crippen molar-refractivity contribution in [2.45, 2.75) is 59.0 Å². The second-order valence-electron chi connectivity index (χ2n) is 6.56. The Morgan fingerprint density at radius 2 is 1.80 bits per heavy atom. The molecule has 0 heterocycles. The molecule has 0 aliphatic heterocycles. The summed E-state index contributed by atoms with van der Waals surface area (Å²) in [6, 6.07) is 8.61. The third kappa shape index (κ3) is 3.92. The Balaban J connectivity index is 2.04. The molecule has 2 nitrogen and oxygen atoms in total. The fraction of sp³-hybridized carbons (Fsp3) is 0.611. The Bertz CT molecular complexity index is 445. The number of carbonyl (C=O) groups excluding carboxylic acids is 1.